The first kappa shape index (κ1) is 15.5. The van der Waals surface area contributed by atoms with Crippen molar-refractivity contribution in [3.63, 3.8) is 0 Å². The van der Waals surface area contributed by atoms with Gasteiger partial charge in [-0.25, -0.2) is 0 Å². The van der Waals surface area contributed by atoms with Crippen LogP contribution in [0.3, 0.4) is 0 Å². The molecule has 0 radical (unpaired) electrons. The Kier molecular flexibility index (Phi) is 4.54. The summed E-state index contributed by atoms with van der Waals surface area (Å²) in [4.78, 5) is 10.7. The van der Waals surface area contributed by atoms with Crippen LogP contribution in [-0.4, -0.2) is 21.5 Å². The van der Waals surface area contributed by atoms with E-state index in [9.17, 15) is 15.2 Å². The third-order valence-corrected chi connectivity index (χ3v) is 6.70. The van der Waals surface area contributed by atoms with Crippen molar-refractivity contribution >= 4 is 29.2 Å². The summed E-state index contributed by atoms with van der Waals surface area (Å²) in [5.41, 5.74) is 0.981. The van der Waals surface area contributed by atoms with Gasteiger partial charge in [0, 0.05) is 6.07 Å². The van der Waals surface area contributed by atoms with Crippen LogP contribution < -0.4 is 0 Å². The van der Waals surface area contributed by atoms with Gasteiger partial charge in [0.2, 0.25) is 0 Å². The first-order valence-electron chi connectivity index (χ1n) is 6.49. The molecule has 0 aromatic heterocycles. The van der Waals surface area contributed by atoms with Gasteiger partial charge in [0.1, 0.15) is 5.75 Å². The standard InChI is InChI=1S/C14H19NO3S2/c1-14(2,3)9-7-19-13(20-8-9)11-6-10(16)4-5-12(11)15(17)18/h4-6,9,13,16H,7-8H2,1-3H3. The fourth-order valence-corrected chi connectivity index (χ4v) is 5.87. The van der Waals surface area contributed by atoms with Crippen molar-refractivity contribution in [1.29, 1.82) is 0 Å². The summed E-state index contributed by atoms with van der Waals surface area (Å²) in [5.74, 6) is 2.68. The maximum Gasteiger partial charge on any atom is 0.274 e. The highest BCUT2D eigenvalue weighted by Crippen LogP contribution is 2.51. The average molecular weight is 313 g/mol. The molecule has 1 aliphatic rings. The lowest BCUT2D eigenvalue weighted by molar-refractivity contribution is -0.385. The zero-order chi connectivity index (χ0) is 14.9. The summed E-state index contributed by atoms with van der Waals surface area (Å²) in [6.07, 6.45) is 0. The molecule has 1 heterocycles. The number of hydrogen-bond acceptors (Lipinski definition) is 5. The van der Waals surface area contributed by atoms with Crippen molar-refractivity contribution in [2.45, 2.75) is 25.4 Å². The maximum absolute atomic E-state index is 11.1. The van der Waals surface area contributed by atoms with Crippen LogP contribution in [0.2, 0.25) is 0 Å². The minimum atomic E-state index is -0.369. The minimum Gasteiger partial charge on any atom is -0.508 e. The van der Waals surface area contributed by atoms with Gasteiger partial charge in [-0.1, -0.05) is 20.8 Å². The monoisotopic (exact) mass is 313 g/mol. The number of hydrogen-bond donors (Lipinski definition) is 1. The van der Waals surface area contributed by atoms with Gasteiger partial charge in [0.25, 0.3) is 5.69 Å². The quantitative estimate of drug-likeness (QED) is 0.646. The Morgan fingerprint density at radius 1 is 1.30 bits per heavy atom. The fraction of sp³-hybridized carbons (Fsp3) is 0.571. The number of phenolic OH excluding ortho intramolecular Hbond substituents is 1. The predicted octanol–water partition coefficient (Wildman–Crippen LogP) is 4.44. The highest BCUT2D eigenvalue weighted by atomic mass is 32.2. The van der Waals surface area contributed by atoms with E-state index in [1.54, 1.807) is 23.5 Å². The number of nitro benzene ring substituents is 1. The molecular formula is C14H19NO3S2. The van der Waals surface area contributed by atoms with Crippen molar-refractivity contribution in [2.24, 2.45) is 11.3 Å². The Hall–Kier alpha value is -0.880. The van der Waals surface area contributed by atoms with Crippen LogP contribution in [0, 0.1) is 21.4 Å². The summed E-state index contributed by atoms with van der Waals surface area (Å²) in [6, 6.07) is 4.29. The van der Waals surface area contributed by atoms with E-state index in [1.807, 2.05) is 0 Å². The lowest BCUT2D eigenvalue weighted by Gasteiger charge is -2.36. The zero-order valence-electron chi connectivity index (χ0n) is 11.8. The Morgan fingerprint density at radius 2 is 1.90 bits per heavy atom. The Bertz CT molecular complexity index is 506. The van der Waals surface area contributed by atoms with Gasteiger partial charge in [-0.3, -0.25) is 10.1 Å². The van der Waals surface area contributed by atoms with Crippen molar-refractivity contribution in [2.75, 3.05) is 11.5 Å². The summed E-state index contributed by atoms with van der Waals surface area (Å²) in [6.45, 7) is 6.70. The van der Waals surface area contributed by atoms with E-state index in [1.165, 1.54) is 18.2 Å². The molecule has 20 heavy (non-hydrogen) atoms. The minimum absolute atomic E-state index is 0.0288. The topological polar surface area (TPSA) is 63.4 Å². The molecule has 4 nitrogen and oxygen atoms in total. The summed E-state index contributed by atoms with van der Waals surface area (Å²) in [7, 11) is 0. The lowest BCUT2D eigenvalue weighted by Crippen LogP contribution is -2.28. The molecule has 1 N–H and O–H groups in total. The molecule has 110 valence electrons. The van der Waals surface area contributed by atoms with Crippen LogP contribution in [0.15, 0.2) is 18.2 Å². The molecule has 0 atom stereocenters. The average Bonchev–Trinajstić information content (AvgIpc) is 2.37. The Morgan fingerprint density at radius 3 is 2.40 bits per heavy atom. The highest BCUT2D eigenvalue weighted by molar-refractivity contribution is 8.16. The van der Waals surface area contributed by atoms with Crippen LogP contribution in [0.5, 0.6) is 5.75 Å². The smallest absolute Gasteiger partial charge is 0.274 e. The van der Waals surface area contributed by atoms with E-state index >= 15 is 0 Å². The largest absolute Gasteiger partial charge is 0.508 e. The van der Waals surface area contributed by atoms with Crippen LogP contribution >= 0.6 is 23.5 Å². The Balaban J connectivity index is 2.18. The lowest BCUT2D eigenvalue weighted by atomic mass is 9.83. The van der Waals surface area contributed by atoms with Crippen LogP contribution in [-0.2, 0) is 0 Å². The van der Waals surface area contributed by atoms with E-state index < -0.39 is 0 Å². The van der Waals surface area contributed by atoms with E-state index in [-0.39, 0.29) is 26.4 Å². The second-order valence-electron chi connectivity index (χ2n) is 6.06. The highest BCUT2D eigenvalue weighted by Gasteiger charge is 2.33. The van der Waals surface area contributed by atoms with Crippen LogP contribution in [0.1, 0.15) is 30.9 Å². The van der Waals surface area contributed by atoms with E-state index in [0.717, 1.165) is 11.5 Å². The van der Waals surface area contributed by atoms with Gasteiger partial charge < -0.3 is 5.11 Å². The number of rotatable bonds is 2. The number of thioether (sulfide) groups is 2. The van der Waals surface area contributed by atoms with Gasteiger partial charge >= 0.3 is 0 Å². The van der Waals surface area contributed by atoms with Crippen molar-refractivity contribution in [3.8, 4) is 5.75 Å². The van der Waals surface area contributed by atoms with Gasteiger partial charge in [0.15, 0.2) is 0 Å². The molecule has 1 aromatic carbocycles. The second kappa shape index (κ2) is 5.85. The van der Waals surface area contributed by atoms with Crippen molar-refractivity contribution in [1.82, 2.24) is 0 Å². The molecular weight excluding hydrogens is 294 g/mol. The normalized spacial score (nSPS) is 23.6. The molecule has 0 saturated carbocycles. The fourth-order valence-electron chi connectivity index (χ4n) is 2.08. The number of phenols is 1. The van der Waals surface area contributed by atoms with Crippen LogP contribution in [0.4, 0.5) is 5.69 Å². The molecule has 1 fully saturated rings. The molecule has 0 unspecified atom stereocenters. The van der Waals surface area contributed by atoms with Gasteiger partial charge in [-0.2, -0.15) is 0 Å². The maximum atomic E-state index is 11.1. The van der Waals surface area contributed by atoms with Gasteiger partial charge in [-0.05, 0) is 35.0 Å². The van der Waals surface area contributed by atoms with Crippen molar-refractivity contribution < 1.29 is 10.0 Å². The van der Waals surface area contributed by atoms with Crippen molar-refractivity contribution in [3.05, 3.63) is 33.9 Å². The number of benzene rings is 1. The SMILES string of the molecule is CC(C)(C)C1CSC(c2cc(O)ccc2[N+](=O)[O-])SC1. The molecule has 1 aliphatic heterocycles. The summed E-state index contributed by atoms with van der Waals surface area (Å²) >= 11 is 3.48. The number of aromatic hydroxyl groups is 1. The number of nitro groups is 1. The Labute approximate surface area is 127 Å². The van der Waals surface area contributed by atoms with E-state index in [4.69, 9.17) is 0 Å². The zero-order valence-corrected chi connectivity index (χ0v) is 13.5. The first-order chi connectivity index (χ1) is 9.29. The van der Waals surface area contributed by atoms with E-state index in [2.05, 4.69) is 20.8 Å². The molecule has 0 spiro atoms. The third kappa shape index (κ3) is 3.41. The molecule has 0 aliphatic carbocycles. The summed E-state index contributed by atoms with van der Waals surface area (Å²) < 4.78 is 0.0288. The molecule has 0 amide bonds. The molecule has 2 rings (SSSR count). The summed E-state index contributed by atoms with van der Waals surface area (Å²) in [5, 5.41) is 20.7. The third-order valence-electron chi connectivity index (χ3n) is 3.58. The first-order valence-corrected chi connectivity index (χ1v) is 8.59. The molecule has 6 heteroatoms. The van der Waals surface area contributed by atoms with Gasteiger partial charge in [0.05, 0.1) is 15.1 Å². The molecule has 0 bridgehead atoms. The second-order valence-corrected chi connectivity index (χ2v) is 8.64. The molecule has 1 aromatic rings. The number of nitrogens with zero attached hydrogens (tertiary/aromatic N) is 1. The van der Waals surface area contributed by atoms with Crippen LogP contribution in [0.25, 0.3) is 0 Å². The van der Waals surface area contributed by atoms with E-state index in [0.29, 0.717) is 11.5 Å². The molecule has 1 saturated heterocycles. The van der Waals surface area contributed by atoms with Gasteiger partial charge in [-0.15, -0.1) is 23.5 Å². The predicted molar refractivity (Wildman–Crippen MR) is 85.4 cm³/mol.